The largest absolute Gasteiger partial charge is 0.395 e. The van der Waals surface area contributed by atoms with Gasteiger partial charge in [0.15, 0.2) is 0 Å². The van der Waals surface area contributed by atoms with Crippen LogP contribution >= 0.6 is 11.6 Å². The van der Waals surface area contributed by atoms with Crippen LogP contribution in [0.15, 0.2) is 12.4 Å². The van der Waals surface area contributed by atoms with Crippen LogP contribution in [0.25, 0.3) is 0 Å². The normalized spacial score (nSPS) is 16.1. The van der Waals surface area contributed by atoms with Crippen molar-refractivity contribution in [2.24, 2.45) is 0 Å². The van der Waals surface area contributed by atoms with Gasteiger partial charge in [0.05, 0.1) is 19.0 Å². The summed E-state index contributed by atoms with van der Waals surface area (Å²) < 4.78 is 0. The third kappa shape index (κ3) is 2.38. The quantitative estimate of drug-likeness (QED) is 0.847. The standard InChI is InChI=1S/C10H14ClN3O/c11-9-6-12-7-10(13-9)14(4-5-15)8-2-1-3-8/h6-8,15H,1-5H2. The third-order valence-electron chi connectivity index (χ3n) is 2.74. The van der Waals surface area contributed by atoms with Gasteiger partial charge in [-0.25, -0.2) is 4.98 Å². The fourth-order valence-corrected chi connectivity index (χ4v) is 1.90. The molecule has 0 saturated heterocycles. The molecule has 1 N–H and O–H groups in total. The molecule has 1 fully saturated rings. The van der Waals surface area contributed by atoms with Gasteiger partial charge in [0.1, 0.15) is 11.0 Å². The Labute approximate surface area is 93.9 Å². The smallest absolute Gasteiger partial charge is 0.149 e. The first-order valence-corrected chi connectivity index (χ1v) is 5.54. The van der Waals surface area contributed by atoms with Gasteiger partial charge in [-0.2, -0.15) is 0 Å². The molecule has 1 aliphatic rings. The number of aliphatic hydroxyl groups is 1. The maximum Gasteiger partial charge on any atom is 0.149 e. The van der Waals surface area contributed by atoms with E-state index in [2.05, 4.69) is 14.9 Å². The van der Waals surface area contributed by atoms with Crippen LogP contribution in [0.2, 0.25) is 5.15 Å². The maximum absolute atomic E-state index is 9.01. The van der Waals surface area contributed by atoms with E-state index in [1.54, 1.807) is 6.20 Å². The molecule has 5 heteroatoms. The monoisotopic (exact) mass is 227 g/mol. The van der Waals surface area contributed by atoms with Gasteiger partial charge in [-0.05, 0) is 19.3 Å². The highest BCUT2D eigenvalue weighted by Gasteiger charge is 2.25. The predicted molar refractivity (Wildman–Crippen MR) is 59.1 cm³/mol. The van der Waals surface area contributed by atoms with Crippen molar-refractivity contribution in [3.63, 3.8) is 0 Å². The fraction of sp³-hybridized carbons (Fsp3) is 0.600. The summed E-state index contributed by atoms with van der Waals surface area (Å²) in [5.74, 6) is 0.765. The molecule has 1 saturated carbocycles. The van der Waals surface area contributed by atoms with Gasteiger partial charge in [-0.1, -0.05) is 11.6 Å². The van der Waals surface area contributed by atoms with Crippen molar-refractivity contribution in [2.45, 2.75) is 25.3 Å². The van der Waals surface area contributed by atoms with E-state index in [9.17, 15) is 0 Å². The first-order chi connectivity index (χ1) is 7.31. The van der Waals surface area contributed by atoms with Crippen LogP contribution in [0.3, 0.4) is 0 Å². The number of aromatic nitrogens is 2. The molecule has 0 aliphatic heterocycles. The maximum atomic E-state index is 9.01. The Morgan fingerprint density at radius 3 is 2.80 bits per heavy atom. The van der Waals surface area contributed by atoms with Crippen molar-refractivity contribution >= 4 is 17.4 Å². The molecule has 0 amide bonds. The van der Waals surface area contributed by atoms with Gasteiger partial charge in [0.25, 0.3) is 0 Å². The van der Waals surface area contributed by atoms with Gasteiger partial charge in [0, 0.05) is 12.6 Å². The van der Waals surface area contributed by atoms with Gasteiger partial charge in [-0.3, -0.25) is 4.98 Å². The van der Waals surface area contributed by atoms with Crippen LogP contribution in [-0.4, -0.2) is 34.3 Å². The molecule has 0 aromatic carbocycles. The van der Waals surface area contributed by atoms with Gasteiger partial charge < -0.3 is 10.0 Å². The minimum absolute atomic E-state index is 0.130. The number of hydrogen-bond acceptors (Lipinski definition) is 4. The molecular formula is C10H14ClN3O. The molecule has 0 bridgehead atoms. The summed E-state index contributed by atoms with van der Waals surface area (Å²) in [5, 5.41) is 9.41. The van der Waals surface area contributed by atoms with E-state index >= 15 is 0 Å². The lowest BCUT2D eigenvalue weighted by Crippen LogP contribution is -2.42. The zero-order valence-electron chi connectivity index (χ0n) is 8.43. The van der Waals surface area contributed by atoms with Gasteiger partial charge >= 0.3 is 0 Å². The summed E-state index contributed by atoms with van der Waals surface area (Å²) in [6.45, 7) is 0.727. The van der Waals surface area contributed by atoms with E-state index in [1.807, 2.05) is 0 Å². The van der Waals surface area contributed by atoms with Crippen molar-refractivity contribution in [3.05, 3.63) is 17.5 Å². The molecule has 0 spiro atoms. The molecule has 15 heavy (non-hydrogen) atoms. The van der Waals surface area contributed by atoms with Crippen molar-refractivity contribution < 1.29 is 5.11 Å². The molecule has 0 radical (unpaired) electrons. The zero-order valence-corrected chi connectivity index (χ0v) is 9.19. The van der Waals surface area contributed by atoms with Crippen LogP contribution in [0, 0.1) is 0 Å². The van der Waals surface area contributed by atoms with Crippen LogP contribution in [0.5, 0.6) is 0 Å². The number of rotatable bonds is 4. The van der Waals surface area contributed by atoms with Crippen LogP contribution < -0.4 is 4.90 Å². The zero-order chi connectivity index (χ0) is 10.7. The van der Waals surface area contributed by atoms with Gasteiger partial charge in [-0.15, -0.1) is 0 Å². The molecule has 82 valence electrons. The number of aliphatic hydroxyl groups excluding tert-OH is 1. The Morgan fingerprint density at radius 2 is 2.27 bits per heavy atom. The minimum atomic E-state index is 0.130. The number of anilines is 1. The highest BCUT2D eigenvalue weighted by molar-refractivity contribution is 6.29. The predicted octanol–water partition coefficient (Wildman–Crippen LogP) is 1.48. The number of hydrogen-bond donors (Lipinski definition) is 1. The summed E-state index contributed by atoms with van der Waals surface area (Å²) in [4.78, 5) is 10.3. The number of nitrogens with zero attached hydrogens (tertiary/aromatic N) is 3. The molecule has 0 atom stereocenters. The van der Waals surface area contributed by atoms with Crippen molar-refractivity contribution in [1.29, 1.82) is 0 Å². The molecule has 1 aliphatic carbocycles. The second-order valence-corrected chi connectivity index (χ2v) is 4.09. The Balaban J connectivity index is 2.15. The molecule has 1 aromatic rings. The second kappa shape index (κ2) is 4.77. The lowest BCUT2D eigenvalue weighted by atomic mass is 9.91. The lowest BCUT2D eigenvalue weighted by molar-refractivity contribution is 0.283. The van der Waals surface area contributed by atoms with E-state index in [1.165, 1.54) is 12.6 Å². The molecule has 2 rings (SSSR count). The van der Waals surface area contributed by atoms with Crippen molar-refractivity contribution in [2.75, 3.05) is 18.1 Å². The van der Waals surface area contributed by atoms with E-state index in [0.717, 1.165) is 18.7 Å². The topological polar surface area (TPSA) is 49.2 Å². The lowest BCUT2D eigenvalue weighted by Gasteiger charge is -2.37. The summed E-state index contributed by atoms with van der Waals surface area (Å²) in [6.07, 6.45) is 6.78. The summed E-state index contributed by atoms with van der Waals surface area (Å²) in [5.41, 5.74) is 0. The molecule has 1 aromatic heterocycles. The van der Waals surface area contributed by atoms with Crippen LogP contribution in [0.1, 0.15) is 19.3 Å². The second-order valence-electron chi connectivity index (χ2n) is 3.70. The Kier molecular flexibility index (Phi) is 3.38. The van der Waals surface area contributed by atoms with E-state index < -0.39 is 0 Å². The third-order valence-corrected chi connectivity index (χ3v) is 2.93. The summed E-state index contributed by atoms with van der Waals surface area (Å²) >= 11 is 5.79. The average Bonchev–Trinajstić information content (AvgIpc) is 2.14. The van der Waals surface area contributed by atoms with E-state index in [4.69, 9.17) is 16.7 Å². The SMILES string of the molecule is OCCN(c1cncc(Cl)n1)C1CCC1. The van der Waals surface area contributed by atoms with Crippen molar-refractivity contribution in [1.82, 2.24) is 9.97 Å². The highest BCUT2D eigenvalue weighted by atomic mass is 35.5. The Bertz CT molecular complexity index is 330. The van der Waals surface area contributed by atoms with Crippen LogP contribution in [0.4, 0.5) is 5.82 Å². The van der Waals surface area contributed by atoms with E-state index in [-0.39, 0.29) is 6.61 Å². The van der Waals surface area contributed by atoms with Gasteiger partial charge in [0.2, 0.25) is 0 Å². The molecule has 0 unspecified atom stereocenters. The molecular weight excluding hydrogens is 214 g/mol. The average molecular weight is 228 g/mol. The van der Waals surface area contributed by atoms with E-state index in [0.29, 0.717) is 17.7 Å². The highest BCUT2D eigenvalue weighted by Crippen LogP contribution is 2.28. The Hall–Kier alpha value is -0.870. The molecule has 1 heterocycles. The summed E-state index contributed by atoms with van der Waals surface area (Å²) in [6, 6.07) is 0.491. The van der Waals surface area contributed by atoms with Crippen molar-refractivity contribution in [3.8, 4) is 0 Å². The number of halogens is 1. The summed E-state index contributed by atoms with van der Waals surface area (Å²) in [7, 11) is 0. The Morgan fingerprint density at radius 1 is 1.47 bits per heavy atom. The first-order valence-electron chi connectivity index (χ1n) is 5.16. The fourth-order valence-electron chi connectivity index (χ4n) is 1.76. The van der Waals surface area contributed by atoms with Crippen LogP contribution in [-0.2, 0) is 0 Å². The molecule has 4 nitrogen and oxygen atoms in total. The first kappa shape index (κ1) is 10.6. The minimum Gasteiger partial charge on any atom is -0.395 e.